The van der Waals surface area contributed by atoms with Crippen molar-refractivity contribution in [3.8, 4) is 11.4 Å². The second-order valence-corrected chi connectivity index (χ2v) is 8.20. The second kappa shape index (κ2) is 8.24. The molecule has 2 aromatic heterocycles. The third kappa shape index (κ3) is 3.63. The van der Waals surface area contributed by atoms with E-state index in [1.54, 1.807) is 6.20 Å². The van der Waals surface area contributed by atoms with E-state index in [2.05, 4.69) is 15.0 Å². The summed E-state index contributed by atoms with van der Waals surface area (Å²) in [6.45, 7) is 3.04. The molecular formula is C22H24ClN5O2. The molecule has 0 atom stereocenters. The van der Waals surface area contributed by atoms with Crippen molar-refractivity contribution in [3.63, 3.8) is 0 Å². The summed E-state index contributed by atoms with van der Waals surface area (Å²) in [6, 6.07) is 9.86. The maximum absolute atomic E-state index is 13.2. The lowest BCUT2D eigenvalue weighted by Gasteiger charge is -2.23. The molecule has 2 aliphatic rings. The Morgan fingerprint density at radius 1 is 1.13 bits per heavy atom. The van der Waals surface area contributed by atoms with Crippen molar-refractivity contribution in [2.75, 3.05) is 18.5 Å². The van der Waals surface area contributed by atoms with E-state index in [1.807, 2.05) is 35.0 Å². The van der Waals surface area contributed by atoms with Gasteiger partial charge in [-0.2, -0.15) is 0 Å². The predicted molar refractivity (Wildman–Crippen MR) is 116 cm³/mol. The van der Waals surface area contributed by atoms with Gasteiger partial charge in [0.25, 0.3) is 5.56 Å². The Hall–Kier alpha value is -2.64. The summed E-state index contributed by atoms with van der Waals surface area (Å²) in [4.78, 5) is 22.4. The minimum absolute atomic E-state index is 0.0416. The van der Waals surface area contributed by atoms with Crippen LogP contribution in [0.1, 0.15) is 30.4 Å². The number of nitrogens with one attached hydrogen (secondary N) is 1. The molecule has 156 valence electrons. The molecule has 0 bridgehead atoms. The zero-order chi connectivity index (χ0) is 20.5. The van der Waals surface area contributed by atoms with Crippen LogP contribution in [0.2, 0.25) is 5.02 Å². The Morgan fingerprint density at radius 2 is 1.93 bits per heavy atom. The van der Waals surface area contributed by atoms with Crippen LogP contribution >= 0.6 is 11.6 Å². The van der Waals surface area contributed by atoms with Crippen LogP contribution in [-0.4, -0.2) is 38.6 Å². The standard InChI is InChI=1S/C22H24ClN5O2/c23-18-5-2-1-4-15(18)14-17-20(27-10-3-11-28(27)21(17)29)19-6-9-24-22(26-19)25-16-7-12-30-13-8-16/h1-2,4-6,9,16H,3,7-8,10-14H2,(H,24,25,26). The number of fused-ring (bicyclic) bond motifs is 1. The number of halogens is 1. The van der Waals surface area contributed by atoms with Gasteiger partial charge in [-0.1, -0.05) is 29.8 Å². The van der Waals surface area contributed by atoms with E-state index < -0.39 is 0 Å². The first kappa shape index (κ1) is 19.3. The maximum Gasteiger partial charge on any atom is 0.270 e. The first-order chi connectivity index (χ1) is 14.7. The Balaban J connectivity index is 1.54. The summed E-state index contributed by atoms with van der Waals surface area (Å²) in [5, 5.41) is 4.10. The lowest BCUT2D eigenvalue weighted by Crippen LogP contribution is -2.28. The predicted octanol–water partition coefficient (Wildman–Crippen LogP) is 3.35. The largest absolute Gasteiger partial charge is 0.381 e. The second-order valence-electron chi connectivity index (χ2n) is 7.80. The Kier molecular flexibility index (Phi) is 5.31. The van der Waals surface area contributed by atoms with Crippen molar-refractivity contribution in [1.29, 1.82) is 0 Å². The van der Waals surface area contributed by atoms with Gasteiger partial charge in [-0.15, -0.1) is 0 Å². The molecule has 1 N–H and O–H groups in total. The van der Waals surface area contributed by atoms with Gasteiger partial charge in [0.05, 0.1) is 17.0 Å². The van der Waals surface area contributed by atoms with Crippen molar-refractivity contribution >= 4 is 17.5 Å². The first-order valence-corrected chi connectivity index (χ1v) is 10.8. The first-order valence-electron chi connectivity index (χ1n) is 10.4. The molecule has 2 aliphatic heterocycles. The lowest BCUT2D eigenvalue weighted by molar-refractivity contribution is 0.0903. The van der Waals surface area contributed by atoms with Gasteiger partial charge >= 0.3 is 0 Å². The van der Waals surface area contributed by atoms with Crippen molar-refractivity contribution in [3.05, 3.63) is 63.0 Å². The van der Waals surface area contributed by atoms with Crippen LogP contribution in [0.4, 0.5) is 5.95 Å². The number of nitrogens with zero attached hydrogens (tertiary/aromatic N) is 4. The van der Waals surface area contributed by atoms with Crippen molar-refractivity contribution in [1.82, 2.24) is 19.3 Å². The van der Waals surface area contributed by atoms with E-state index in [1.165, 1.54) is 0 Å². The molecule has 0 amide bonds. The topological polar surface area (TPSA) is 74.0 Å². The fraction of sp³-hybridized carbons (Fsp3) is 0.409. The van der Waals surface area contributed by atoms with Gasteiger partial charge in [-0.25, -0.2) is 14.6 Å². The third-order valence-corrected chi connectivity index (χ3v) is 6.21. The average molecular weight is 426 g/mol. The van der Waals surface area contributed by atoms with E-state index in [-0.39, 0.29) is 5.56 Å². The number of rotatable bonds is 5. The Morgan fingerprint density at radius 3 is 2.77 bits per heavy atom. The smallest absolute Gasteiger partial charge is 0.270 e. The molecule has 7 nitrogen and oxygen atoms in total. The number of anilines is 1. The van der Waals surface area contributed by atoms with Crippen molar-refractivity contribution in [2.45, 2.75) is 44.8 Å². The normalized spacial score (nSPS) is 16.6. The van der Waals surface area contributed by atoms with Crippen LogP contribution in [0.25, 0.3) is 11.4 Å². The maximum atomic E-state index is 13.2. The quantitative estimate of drug-likeness (QED) is 0.678. The van der Waals surface area contributed by atoms with Gasteiger partial charge in [0.1, 0.15) is 0 Å². The van der Waals surface area contributed by atoms with Crippen molar-refractivity contribution in [2.24, 2.45) is 0 Å². The van der Waals surface area contributed by atoms with Gasteiger partial charge in [-0.05, 0) is 37.0 Å². The zero-order valence-electron chi connectivity index (χ0n) is 16.7. The molecular weight excluding hydrogens is 402 g/mol. The van der Waals surface area contributed by atoms with Gasteiger partial charge < -0.3 is 10.1 Å². The van der Waals surface area contributed by atoms with E-state index >= 15 is 0 Å². The molecule has 1 aromatic carbocycles. The summed E-state index contributed by atoms with van der Waals surface area (Å²) in [5.74, 6) is 0.592. The highest BCUT2D eigenvalue weighted by molar-refractivity contribution is 6.31. The Labute approximate surface area is 179 Å². The van der Waals surface area contributed by atoms with Crippen LogP contribution in [0.5, 0.6) is 0 Å². The van der Waals surface area contributed by atoms with Crippen LogP contribution in [0.3, 0.4) is 0 Å². The molecule has 30 heavy (non-hydrogen) atoms. The minimum atomic E-state index is 0.0416. The highest BCUT2D eigenvalue weighted by atomic mass is 35.5. The molecule has 4 heterocycles. The van der Waals surface area contributed by atoms with Crippen LogP contribution in [0, 0.1) is 0 Å². The van der Waals surface area contributed by atoms with E-state index in [9.17, 15) is 4.79 Å². The summed E-state index contributed by atoms with van der Waals surface area (Å²) in [7, 11) is 0. The Bertz CT molecular complexity index is 1120. The fourth-order valence-corrected chi connectivity index (χ4v) is 4.53. The van der Waals surface area contributed by atoms with E-state index in [4.69, 9.17) is 21.3 Å². The average Bonchev–Trinajstić information content (AvgIpc) is 3.33. The number of benzene rings is 1. The van der Waals surface area contributed by atoms with Crippen molar-refractivity contribution < 1.29 is 4.74 Å². The number of hydrogen-bond donors (Lipinski definition) is 1. The molecule has 0 spiro atoms. The molecule has 0 radical (unpaired) electrons. The van der Waals surface area contributed by atoms with Gasteiger partial charge in [0, 0.05) is 50.0 Å². The molecule has 5 rings (SSSR count). The summed E-state index contributed by atoms with van der Waals surface area (Å²) in [5.41, 5.74) is 3.35. The lowest BCUT2D eigenvalue weighted by atomic mass is 10.0. The van der Waals surface area contributed by atoms with Crippen LogP contribution in [0.15, 0.2) is 41.3 Å². The molecule has 8 heteroatoms. The third-order valence-electron chi connectivity index (χ3n) is 5.85. The molecule has 0 unspecified atom stereocenters. The molecule has 1 fully saturated rings. The van der Waals surface area contributed by atoms with Gasteiger partial charge in [0.2, 0.25) is 5.95 Å². The van der Waals surface area contributed by atoms with E-state index in [0.717, 1.165) is 68.1 Å². The summed E-state index contributed by atoms with van der Waals surface area (Å²) >= 11 is 6.39. The van der Waals surface area contributed by atoms with Crippen LogP contribution in [-0.2, 0) is 24.2 Å². The minimum Gasteiger partial charge on any atom is -0.381 e. The monoisotopic (exact) mass is 425 g/mol. The highest BCUT2D eigenvalue weighted by Crippen LogP contribution is 2.28. The molecule has 0 saturated carbocycles. The highest BCUT2D eigenvalue weighted by Gasteiger charge is 2.26. The molecule has 0 aliphatic carbocycles. The number of ether oxygens (including phenoxy) is 1. The number of aromatic nitrogens is 4. The zero-order valence-corrected chi connectivity index (χ0v) is 17.4. The summed E-state index contributed by atoms with van der Waals surface area (Å²) in [6.07, 6.45) is 5.06. The number of hydrogen-bond acceptors (Lipinski definition) is 5. The van der Waals surface area contributed by atoms with Gasteiger partial charge in [-0.3, -0.25) is 9.48 Å². The molecule has 3 aromatic rings. The summed E-state index contributed by atoms with van der Waals surface area (Å²) < 4.78 is 9.33. The van der Waals surface area contributed by atoms with Crippen LogP contribution < -0.4 is 10.9 Å². The molecule has 1 saturated heterocycles. The SMILES string of the molecule is O=c1c(Cc2ccccc2Cl)c(-c2ccnc(NC3CCOCC3)n2)n2n1CCC2. The van der Waals surface area contributed by atoms with Gasteiger partial charge in [0.15, 0.2) is 0 Å². The fourth-order valence-electron chi connectivity index (χ4n) is 4.33. The van der Waals surface area contributed by atoms with E-state index in [0.29, 0.717) is 23.4 Å².